The lowest BCUT2D eigenvalue weighted by molar-refractivity contribution is -0.137. The smallest absolute Gasteiger partial charge is 0.336 e. The Morgan fingerprint density at radius 3 is 2.73 bits per heavy atom. The van der Waals surface area contributed by atoms with E-state index in [1.54, 1.807) is 11.2 Å². The number of nitrogens with zero attached hydrogens (tertiary/aromatic N) is 3. The normalized spacial score (nSPS) is 17.8. The first kappa shape index (κ1) is 16.6. The number of fused-ring (bicyclic) bond motifs is 1. The number of aromatic nitrogens is 2. The number of carbonyl (C=O) groups excluding carboxylic acids is 1. The van der Waals surface area contributed by atoms with E-state index in [-0.39, 0.29) is 17.5 Å². The summed E-state index contributed by atoms with van der Waals surface area (Å²) in [6.45, 7) is 0.960. The van der Waals surface area contributed by atoms with Crippen LogP contribution in [0.1, 0.15) is 28.4 Å². The van der Waals surface area contributed by atoms with Gasteiger partial charge in [0.2, 0.25) is 0 Å². The SMILES string of the molecule is O=C(c1cccc(C(F)(F)F)c1)N1CC[C@H](n2cnc3ccccc32)C1. The summed E-state index contributed by atoms with van der Waals surface area (Å²) in [7, 11) is 0. The molecule has 134 valence electrons. The zero-order valence-corrected chi connectivity index (χ0v) is 13.8. The van der Waals surface area contributed by atoms with Crippen molar-refractivity contribution in [2.75, 3.05) is 13.1 Å². The van der Waals surface area contributed by atoms with Gasteiger partial charge in [-0.3, -0.25) is 4.79 Å². The molecule has 0 saturated carbocycles. The molecule has 1 aliphatic rings. The molecule has 1 atom stereocenters. The predicted octanol–water partition coefficient (Wildman–Crippen LogP) is 4.14. The highest BCUT2D eigenvalue weighted by atomic mass is 19.4. The standard InChI is InChI=1S/C19H16F3N3O/c20-19(21,22)14-5-3-4-13(10-14)18(26)24-9-8-15(11-24)25-12-23-16-6-1-2-7-17(16)25/h1-7,10,12,15H,8-9,11H2/t15-/m0/s1. The number of imidazole rings is 1. The minimum absolute atomic E-state index is 0.0657. The van der Waals surface area contributed by atoms with Gasteiger partial charge in [-0.25, -0.2) is 4.98 Å². The molecule has 0 spiro atoms. The van der Waals surface area contributed by atoms with Crippen molar-refractivity contribution in [2.45, 2.75) is 18.6 Å². The largest absolute Gasteiger partial charge is 0.416 e. The third-order valence-electron chi connectivity index (χ3n) is 4.76. The van der Waals surface area contributed by atoms with Crippen LogP contribution in [0.2, 0.25) is 0 Å². The van der Waals surface area contributed by atoms with Crippen molar-refractivity contribution < 1.29 is 18.0 Å². The molecule has 1 fully saturated rings. The van der Waals surface area contributed by atoms with Crippen LogP contribution in [0.3, 0.4) is 0 Å². The Labute approximate surface area is 147 Å². The summed E-state index contributed by atoms with van der Waals surface area (Å²) in [4.78, 5) is 18.6. The van der Waals surface area contributed by atoms with Crippen LogP contribution in [-0.2, 0) is 6.18 Å². The van der Waals surface area contributed by atoms with Crippen LogP contribution in [0.4, 0.5) is 13.2 Å². The fourth-order valence-corrected chi connectivity index (χ4v) is 3.43. The zero-order valence-electron chi connectivity index (χ0n) is 13.8. The van der Waals surface area contributed by atoms with E-state index in [0.717, 1.165) is 29.6 Å². The molecule has 0 radical (unpaired) electrons. The maximum atomic E-state index is 12.9. The molecule has 4 rings (SSSR count). The Hall–Kier alpha value is -2.83. The summed E-state index contributed by atoms with van der Waals surface area (Å²) in [5.41, 5.74) is 1.14. The van der Waals surface area contributed by atoms with Crippen molar-refractivity contribution in [1.29, 1.82) is 0 Å². The van der Waals surface area contributed by atoms with Gasteiger partial charge in [-0.05, 0) is 36.8 Å². The van der Waals surface area contributed by atoms with Crippen molar-refractivity contribution >= 4 is 16.9 Å². The molecular weight excluding hydrogens is 343 g/mol. The highest BCUT2D eigenvalue weighted by molar-refractivity contribution is 5.94. The quantitative estimate of drug-likeness (QED) is 0.690. The van der Waals surface area contributed by atoms with Crippen LogP contribution < -0.4 is 0 Å². The molecular formula is C19H16F3N3O. The predicted molar refractivity (Wildman–Crippen MR) is 90.7 cm³/mol. The number of para-hydroxylation sites is 2. The molecule has 4 nitrogen and oxygen atoms in total. The van der Waals surface area contributed by atoms with E-state index in [0.29, 0.717) is 13.1 Å². The second-order valence-electron chi connectivity index (χ2n) is 6.41. The van der Waals surface area contributed by atoms with E-state index in [9.17, 15) is 18.0 Å². The first-order chi connectivity index (χ1) is 12.4. The van der Waals surface area contributed by atoms with Gasteiger partial charge >= 0.3 is 6.18 Å². The van der Waals surface area contributed by atoms with Crippen LogP contribution in [0, 0.1) is 0 Å². The molecule has 1 aromatic heterocycles. The van der Waals surface area contributed by atoms with Crippen molar-refractivity contribution in [2.24, 2.45) is 0 Å². The van der Waals surface area contributed by atoms with Crippen LogP contribution in [0.25, 0.3) is 11.0 Å². The minimum atomic E-state index is -4.46. The number of hydrogen-bond donors (Lipinski definition) is 0. The summed E-state index contributed by atoms with van der Waals surface area (Å²) in [6, 6.07) is 12.4. The van der Waals surface area contributed by atoms with Crippen molar-refractivity contribution in [1.82, 2.24) is 14.5 Å². The van der Waals surface area contributed by atoms with Gasteiger partial charge in [-0.15, -0.1) is 0 Å². The van der Waals surface area contributed by atoms with E-state index >= 15 is 0 Å². The van der Waals surface area contributed by atoms with Crippen LogP contribution in [0.15, 0.2) is 54.9 Å². The number of alkyl halides is 3. The van der Waals surface area contributed by atoms with Crippen LogP contribution in [-0.4, -0.2) is 33.4 Å². The number of carbonyl (C=O) groups is 1. The molecule has 0 aliphatic carbocycles. The van der Waals surface area contributed by atoms with Gasteiger partial charge in [0.25, 0.3) is 5.91 Å². The molecule has 3 aromatic rings. The number of hydrogen-bond acceptors (Lipinski definition) is 2. The molecule has 1 amide bonds. The average molecular weight is 359 g/mol. The van der Waals surface area contributed by atoms with Gasteiger partial charge in [0.15, 0.2) is 0 Å². The molecule has 0 N–H and O–H groups in total. The maximum Gasteiger partial charge on any atom is 0.416 e. The Morgan fingerprint density at radius 2 is 1.92 bits per heavy atom. The van der Waals surface area contributed by atoms with Gasteiger partial charge in [0.1, 0.15) is 0 Å². The van der Waals surface area contributed by atoms with E-state index in [1.807, 2.05) is 28.8 Å². The highest BCUT2D eigenvalue weighted by Gasteiger charge is 2.33. The van der Waals surface area contributed by atoms with Crippen LogP contribution >= 0.6 is 0 Å². The first-order valence-electron chi connectivity index (χ1n) is 8.31. The van der Waals surface area contributed by atoms with E-state index < -0.39 is 11.7 Å². The number of rotatable bonds is 2. The lowest BCUT2D eigenvalue weighted by atomic mass is 10.1. The second kappa shape index (κ2) is 6.16. The molecule has 0 bridgehead atoms. The lowest BCUT2D eigenvalue weighted by Crippen LogP contribution is -2.29. The molecule has 7 heteroatoms. The summed E-state index contributed by atoms with van der Waals surface area (Å²) in [5.74, 6) is -0.372. The third-order valence-corrected chi connectivity index (χ3v) is 4.76. The van der Waals surface area contributed by atoms with Gasteiger partial charge in [-0.2, -0.15) is 13.2 Å². The molecule has 0 unspecified atom stereocenters. The topological polar surface area (TPSA) is 38.1 Å². The molecule has 1 aliphatic heterocycles. The molecule has 26 heavy (non-hydrogen) atoms. The van der Waals surface area contributed by atoms with E-state index in [1.165, 1.54) is 12.1 Å². The first-order valence-corrected chi connectivity index (χ1v) is 8.31. The maximum absolute atomic E-state index is 12.9. The van der Waals surface area contributed by atoms with Crippen molar-refractivity contribution in [3.05, 3.63) is 66.0 Å². The van der Waals surface area contributed by atoms with Gasteiger partial charge in [0, 0.05) is 18.7 Å². The van der Waals surface area contributed by atoms with Gasteiger partial charge < -0.3 is 9.47 Å². The second-order valence-corrected chi connectivity index (χ2v) is 6.41. The molecule has 1 saturated heterocycles. The number of halogens is 3. The fourth-order valence-electron chi connectivity index (χ4n) is 3.43. The third kappa shape index (κ3) is 2.94. The van der Waals surface area contributed by atoms with E-state index in [4.69, 9.17) is 0 Å². The Balaban J connectivity index is 1.55. The summed E-state index contributed by atoms with van der Waals surface area (Å²) in [6.07, 6.45) is -1.96. The van der Waals surface area contributed by atoms with Crippen molar-refractivity contribution in [3.8, 4) is 0 Å². The van der Waals surface area contributed by atoms with Gasteiger partial charge in [-0.1, -0.05) is 18.2 Å². The monoisotopic (exact) mass is 359 g/mol. The lowest BCUT2D eigenvalue weighted by Gasteiger charge is -2.18. The molecule has 2 heterocycles. The van der Waals surface area contributed by atoms with Crippen LogP contribution in [0.5, 0.6) is 0 Å². The van der Waals surface area contributed by atoms with E-state index in [2.05, 4.69) is 4.98 Å². The summed E-state index contributed by atoms with van der Waals surface area (Å²) in [5, 5.41) is 0. The number of benzene rings is 2. The van der Waals surface area contributed by atoms with Gasteiger partial charge in [0.05, 0.1) is 29.0 Å². The Kier molecular flexibility index (Phi) is 3.94. The zero-order chi connectivity index (χ0) is 18.3. The Morgan fingerprint density at radius 1 is 1.12 bits per heavy atom. The molecule has 2 aromatic carbocycles. The Bertz CT molecular complexity index is 964. The number of likely N-dealkylation sites (tertiary alicyclic amines) is 1. The fraction of sp³-hybridized carbons (Fsp3) is 0.263. The average Bonchev–Trinajstić information content (AvgIpc) is 3.27. The number of amides is 1. The summed E-state index contributed by atoms with van der Waals surface area (Å²) >= 11 is 0. The highest BCUT2D eigenvalue weighted by Crippen LogP contribution is 2.31. The minimum Gasteiger partial charge on any atom is -0.336 e. The summed E-state index contributed by atoms with van der Waals surface area (Å²) < 4.78 is 40.6. The van der Waals surface area contributed by atoms with Crippen molar-refractivity contribution in [3.63, 3.8) is 0 Å².